The quantitative estimate of drug-likeness (QED) is 0.588. The highest BCUT2D eigenvalue weighted by Crippen LogP contribution is 2.24. The third kappa shape index (κ3) is 2.76. The van der Waals surface area contributed by atoms with Gasteiger partial charge in [0.1, 0.15) is 5.76 Å². The molecule has 0 saturated heterocycles. The fraction of sp³-hybridized carbons (Fsp3) is 0.500. The van der Waals surface area contributed by atoms with Crippen LogP contribution in [0.15, 0.2) is 35.6 Å². The summed E-state index contributed by atoms with van der Waals surface area (Å²) in [4.78, 5) is 0. The minimum Gasteiger partial charge on any atom is -0.493 e. The lowest BCUT2D eigenvalue weighted by Crippen LogP contribution is -2.13. The highest BCUT2D eigenvalue weighted by Gasteiger charge is 2.14. The zero-order valence-corrected chi connectivity index (χ0v) is 8.76. The maximum atomic E-state index is 5.63. The fourth-order valence-electron chi connectivity index (χ4n) is 1.47. The molecular formula is C12H18O. The Bertz CT molecular complexity index is 258. The van der Waals surface area contributed by atoms with Crippen LogP contribution in [0.5, 0.6) is 0 Å². The molecule has 1 unspecified atom stereocenters. The van der Waals surface area contributed by atoms with Gasteiger partial charge >= 0.3 is 0 Å². The van der Waals surface area contributed by atoms with E-state index in [2.05, 4.69) is 26.5 Å². The molecule has 0 aromatic heterocycles. The van der Waals surface area contributed by atoms with Crippen LogP contribution in [0.3, 0.4) is 0 Å². The van der Waals surface area contributed by atoms with Gasteiger partial charge in [-0.2, -0.15) is 0 Å². The van der Waals surface area contributed by atoms with Crippen molar-refractivity contribution >= 4 is 0 Å². The van der Waals surface area contributed by atoms with Crippen molar-refractivity contribution in [2.75, 3.05) is 6.61 Å². The van der Waals surface area contributed by atoms with Gasteiger partial charge in [0.2, 0.25) is 0 Å². The molecule has 1 aliphatic rings. The Balaban J connectivity index is 2.80. The van der Waals surface area contributed by atoms with Gasteiger partial charge in [0.15, 0.2) is 0 Å². The molecule has 0 amide bonds. The Morgan fingerprint density at radius 3 is 2.85 bits per heavy atom. The second-order valence-corrected chi connectivity index (χ2v) is 3.86. The van der Waals surface area contributed by atoms with Crippen LogP contribution in [0.25, 0.3) is 0 Å². The topological polar surface area (TPSA) is 9.23 Å². The van der Waals surface area contributed by atoms with E-state index in [1.807, 2.05) is 13.0 Å². The molecule has 1 rings (SSSR count). The zero-order valence-electron chi connectivity index (χ0n) is 8.76. The van der Waals surface area contributed by atoms with Crippen molar-refractivity contribution in [1.82, 2.24) is 0 Å². The monoisotopic (exact) mass is 178 g/mol. The third-order valence-corrected chi connectivity index (χ3v) is 2.28. The standard InChI is InChI=1S/C12H18O/c1-5-9(2)7-12-11(4)6-10(3)8-13-12/h5,7,10H,1,6,8H2,2-4H3/b9-7-. The summed E-state index contributed by atoms with van der Waals surface area (Å²) in [5, 5.41) is 0. The maximum Gasteiger partial charge on any atom is 0.118 e. The summed E-state index contributed by atoms with van der Waals surface area (Å²) in [6, 6.07) is 0. The van der Waals surface area contributed by atoms with E-state index in [9.17, 15) is 0 Å². The van der Waals surface area contributed by atoms with Crippen LogP contribution >= 0.6 is 0 Å². The molecule has 0 radical (unpaired) electrons. The molecule has 0 fully saturated rings. The summed E-state index contributed by atoms with van der Waals surface area (Å²) >= 11 is 0. The van der Waals surface area contributed by atoms with Crippen LogP contribution in [0.4, 0.5) is 0 Å². The number of allylic oxidation sites excluding steroid dienone is 4. The van der Waals surface area contributed by atoms with Crippen LogP contribution in [0, 0.1) is 5.92 Å². The van der Waals surface area contributed by atoms with Crippen molar-refractivity contribution < 1.29 is 4.74 Å². The molecule has 0 spiro atoms. The lowest BCUT2D eigenvalue weighted by molar-refractivity contribution is 0.158. The molecule has 0 saturated carbocycles. The predicted molar refractivity (Wildman–Crippen MR) is 56.4 cm³/mol. The van der Waals surface area contributed by atoms with E-state index in [4.69, 9.17) is 4.74 Å². The second kappa shape index (κ2) is 4.31. The van der Waals surface area contributed by atoms with Crippen molar-refractivity contribution in [3.63, 3.8) is 0 Å². The van der Waals surface area contributed by atoms with Gasteiger partial charge in [-0.15, -0.1) is 0 Å². The highest BCUT2D eigenvalue weighted by atomic mass is 16.5. The van der Waals surface area contributed by atoms with E-state index in [0.29, 0.717) is 5.92 Å². The van der Waals surface area contributed by atoms with Crippen LogP contribution in [-0.4, -0.2) is 6.61 Å². The first-order chi connectivity index (χ1) is 6.13. The van der Waals surface area contributed by atoms with E-state index in [1.165, 1.54) is 5.57 Å². The molecule has 1 aliphatic heterocycles. The summed E-state index contributed by atoms with van der Waals surface area (Å²) < 4.78 is 5.63. The van der Waals surface area contributed by atoms with Gasteiger partial charge in [0.25, 0.3) is 0 Å². The van der Waals surface area contributed by atoms with E-state index in [-0.39, 0.29) is 0 Å². The first-order valence-corrected chi connectivity index (χ1v) is 4.76. The van der Waals surface area contributed by atoms with Gasteiger partial charge in [-0.3, -0.25) is 0 Å². The van der Waals surface area contributed by atoms with Crippen molar-refractivity contribution in [1.29, 1.82) is 0 Å². The van der Waals surface area contributed by atoms with E-state index >= 15 is 0 Å². The van der Waals surface area contributed by atoms with Crippen molar-refractivity contribution in [2.45, 2.75) is 27.2 Å². The van der Waals surface area contributed by atoms with Gasteiger partial charge in [-0.1, -0.05) is 19.6 Å². The van der Waals surface area contributed by atoms with Gasteiger partial charge in [-0.05, 0) is 43.4 Å². The SMILES string of the molecule is C=C/C(C)=C\C1=C(C)CC(C)CO1. The minimum absolute atomic E-state index is 0.654. The van der Waals surface area contributed by atoms with Gasteiger partial charge < -0.3 is 4.74 Å². The zero-order chi connectivity index (χ0) is 9.84. The average Bonchev–Trinajstić information content (AvgIpc) is 2.09. The molecular weight excluding hydrogens is 160 g/mol. The van der Waals surface area contributed by atoms with Gasteiger partial charge in [-0.25, -0.2) is 0 Å². The lowest BCUT2D eigenvalue weighted by atomic mass is 9.99. The second-order valence-electron chi connectivity index (χ2n) is 3.86. The van der Waals surface area contributed by atoms with Crippen LogP contribution in [-0.2, 0) is 4.74 Å². The molecule has 1 atom stereocenters. The Hall–Kier alpha value is -0.980. The van der Waals surface area contributed by atoms with E-state index in [1.54, 1.807) is 0 Å². The first-order valence-electron chi connectivity index (χ1n) is 4.76. The summed E-state index contributed by atoms with van der Waals surface area (Å²) in [6.07, 6.45) is 5.06. The summed E-state index contributed by atoms with van der Waals surface area (Å²) in [6.45, 7) is 10.9. The lowest BCUT2D eigenvalue weighted by Gasteiger charge is -2.22. The largest absolute Gasteiger partial charge is 0.493 e. The summed E-state index contributed by atoms with van der Waals surface area (Å²) in [7, 11) is 0. The molecule has 1 nitrogen and oxygen atoms in total. The van der Waals surface area contributed by atoms with E-state index in [0.717, 1.165) is 24.4 Å². The van der Waals surface area contributed by atoms with Gasteiger partial charge in [0, 0.05) is 0 Å². The van der Waals surface area contributed by atoms with Crippen molar-refractivity contribution in [3.8, 4) is 0 Å². The number of ether oxygens (including phenoxy) is 1. The maximum absolute atomic E-state index is 5.63. The molecule has 0 N–H and O–H groups in total. The number of hydrogen-bond acceptors (Lipinski definition) is 1. The number of rotatable bonds is 2. The minimum atomic E-state index is 0.654. The highest BCUT2D eigenvalue weighted by molar-refractivity contribution is 5.28. The van der Waals surface area contributed by atoms with Crippen molar-refractivity contribution in [3.05, 3.63) is 35.6 Å². The Labute approximate surface area is 80.8 Å². The van der Waals surface area contributed by atoms with Gasteiger partial charge in [0.05, 0.1) is 6.61 Å². The molecule has 1 heterocycles. The molecule has 0 aromatic carbocycles. The molecule has 1 heteroatoms. The summed E-state index contributed by atoms with van der Waals surface area (Å²) in [5.74, 6) is 1.69. The molecule has 0 aliphatic carbocycles. The summed E-state index contributed by atoms with van der Waals surface area (Å²) in [5.41, 5.74) is 2.50. The molecule has 0 bridgehead atoms. The first kappa shape index (κ1) is 10.1. The third-order valence-electron chi connectivity index (χ3n) is 2.28. The fourth-order valence-corrected chi connectivity index (χ4v) is 1.47. The Kier molecular flexibility index (Phi) is 3.35. The Morgan fingerprint density at radius 2 is 2.31 bits per heavy atom. The molecule has 0 aromatic rings. The van der Waals surface area contributed by atoms with E-state index < -0.39 is 0 Å². The van der Waals surface area contributed by atoms with Crippen LogP contribution in [0.1, 0.15) is 27.2 Å². The predicted octanol–water partition coefficient (Wildman–Crippen LogP) is 3.45. The molecule has 72 valence electrons. The smallest absolute Gasteiger partial charge is 0.118 e. The average molecular weight is 178 g/mol. The van der Waals surface area contributed by atoms with Crippen molar-refractivity contribution in [2.24, 2.45) is 5.92 Å². The van der Waals surface area contributed by atoms with Crippen LogP contribution < -0.4 is 0 Å². The Morgan fingerprint density at radius 1 is 1.62 bits per heavy atom. The van der Waals surface area contributed by atoms with Crippen LogP contribution in [0.2, 0.25) is 0 Å². The normalized spacial score (nSPS) is 24.2. The number of hydrogen-bond donors (Lipinski definition) is 0. The molecule has 13 heavy (non-hydrogen) atoms.